The van der Waals surface area contributed by atoms with Crippen molar-refractivity contribution < 1.29 is 14.3 Å². The van der Waals surface area contributed by atoms with Crippen LogP contribution in [0.1, 0.15) is 12.5 Å². The fraction of sp³-hybridized carbons (Fsp3) is 0.250. The minimum absolute atomic E-state index is 0.286. The number of esters is 1. The SMILES string of the molecule is CCOC(=O)/C=C/C(=O)Nc1ccncc1C. The van der Waals surface area contributed by atoms with Crippen LogP contribution in [0, 0.1) is 6.92 Å². The van der Waals surface area contributed by atoms with Gasteiger partial charge >= 0.3 is 5.97 Å². The average Bonchev–Trinajstić information content (AvgIpc) is 2.30. The van der Waals surface area contributed by atoms with E-state index in [4.69, 9.17) is 0 Å². The molecule has 0 atom stereocenters. The summed E-state index contributed by atoms with van der Waals surface area (Å²) >= 11 is 0. The van der Waals surface area contributed by atoms with E-state index in [2.05, 4.69) is 15.0 Å². The highest BCUT2D eigenvalue weighted by atomic mass is 16.5. The third-order valence-electron chi connectivity index (χ3n) is 1.94. The molecule has 1 amide bonds. The molecular formula is C12H14N2O3. The van der Waals surface area contributed by atoms with Crippen LogP contribution in [-0.2, 0) is 14.3 Å². The molecule has 1 heterocycles. The molecule has 1 aromatic heterocycles. The van der Waals surface area contributed by atoms with Gasteiger partial charge in [0.15, 0.2) is 0 Å². The Bertz CT molecular complexity index is 441. The van der Waals surface area contributed by atoms with Crippen LogP contribution in [0.2, 0.25) is 0 Å². The Kier molecular flexibility index (Phi) is 4.87. The minimum atomic E-state index is -0.533. The number of hydrogen-bond donors (Lipinski definition) is 1. The Morgan fingerprint density at radius 1 is 1.47 bits per heavy atom. The van der Waals surface area contributed by atoms with Crippen molar-refractivity contribution in [1.29, 1.82) is 0 Å². The first kappa shape index (κ1) is 12.9. The zero-order valence-corrected chi connectivity index (χ0v) is 9.77. The van der Waals surface area contributed by atoms with Crippen molar-refractivity contribution in [3.63, 3.8) is 0 Å². The maximum absolute atomic E-state index is 11.4. The summed E-state index contributed by atoms with van der Waals surface area (Å²) in [6.45, 7) is 3.82. The minimum Gasteiger partial charge on any atom is -0.463 e. The molecule has 5 heteroatoms. The molecule has 0 aliphatic carbocycles. The number of ether oxygens (including phenoxy) is 1. The second-order valence-electron chi connectivity index (χ2n) is 3.27. The smallest absolute Gasteiger partial charge is 0.330 e. The van der Waals surface area contributed by atoms with Crippen LogP contribution in [0.5, 0.6) is 0 Å². The number of nitrogens with zero attached hydrogens (tertiary/aromatic N) is 1. The first-order chi connectivity index (χ1) is 8.13. The molecule has 1 N–H and O–H groups in total. The van der Waals surface area contributed by atoms with Crippen molar-refractivity contribution in [3.8, 4) is 0 Å². The van der Waals surface area contributed by atoms with Gasteiger partial charge in [-0.1, -0.05) is 0 Å². The Morgan fingerprint density at radius 3 is 2.88 bits per heavy atom. The lowest BCUT2D eigenvalue weighted by molar-refractivity contribution is -0.137. The quantitative estimate of drug-likeness (QED) is 0.632. The summed E-state index contributed by atoms with van der Waals surface area (Å²) in [6.07, 6.45) is 5.45. The number of hydrogen-bond acceptors (Lipinski definition) is 4. The van der Waals surface area contributed by atoms with E-state index in [1.807, 2.05) is 6.92 Å². The largest absolute Gasteiger partial charge is 0.463 e. The summed E-state index contributed by atoms with van der Waals surface area (Å²) < 4.78 is 4.65. The molecule has 0 radical (unpaired) electrons. The lowest BCUT2D eigenvalue weighted by Gasteiger charge is -2.04. The van der Waals surface area contributed by atoms with E-state index in [9.17, 15) is 9.59 Å². The first-order valence-corrected chi connectivity index (χ1v) is 5.20. The number of carbonyl (C=O) groups excluding carboxylic acids is 2. The molecule has 0 unspecified atom stereocenters. The zero-order chi connectivity index (χ0) is 12.7. The van der Waals surface area contributed by atoms with Gasteiger partial charge in [-0.15, -0.1) is 0 Å². The molecule has 0 aliphatic heterocycles. The zero-order valence-electron chi connectivity index (χ0n) is 9.77. The van der Waals surface area contributed by atoms with Crippen molar-refractivity contribution in [1.82, 2.24) is 4.98 Å². The molecule has 5 nitrogen and oxygen atoms in total. The van der Waals surface area contributed by atoms with Crippen LogP contribution in [0.25, 0.3) is 0 Å². The number of rotatable bonds is 4. The summed E-state index contributed by atoms with van der Waals surface area (Å²) in [7, 11) is 0. The van der Waals surface area contributed by atoms with Crippen LogP contribution in [-0.4, -0.2) is 23.5 Å². The van der Waals surface area contributed by atoms with Crippen molar-refractivity contribution in [2.24, 2.45) is 0 Å². The fourth-order valence-corrected chi connectivity index (χ4v) is 1.12. The predicted octanol–water partition coefficient (Wildman–Crippen LogP) is 1.45. The summed E-state index contributed by atoms with van der Waals surface area (Å²) in [5.74, 6) is -0.915. The second kappa shape index (κ2) is 6.42. The van der Waals surface area contributed by atoms with Crippen molar-refractivity contribution >= 4 is 17.6 Å². The molecule has 0 fully saturated rings. The summed E-state index contributed by atoms with van der Waals surface area (Å²) in [5, 5.41) is 2.63. The van der Waals surface area contributed by atoms with E-state index < -0.39 is 5.97 Å². The van der Waals surface area contributed by atoms with Gasteiger partial charge in [0.25, 0.3) is 0 Å². The highest BCUT2D eigenvalue weighted by Crippen LogP contribution is 2.11. The summed E-state index contributed by atoms with van der Waals surface area (Å²) in [5.41, 5.74) is 1.52. The monoisotopic (exact) mass is 234 g/mol. The Labute approximate surface area is 99.5 Å². The van der Waals surface area contributed by atoms with Crippen molar-refractivity contribution in [2.45, 2.75) is 13.8 Å². The van der Waals surface area contributed by atoms with Crippen LogP contribution in [0.15, 0.2) is 30.6 Å². The lowest BCUT2D eigenvalue weighted by atomic mass is 10.2. The maximum atomic E-state index is 11.4. The van der Waals surface area contributed by atoms with Gasteiger partial charge in [-0.05, 0) is 25.5 Å². The van der Waals surface area contributed by atoms with Crippen molar-refractivity contribution in [2.75, 3.05) is 11.9 Å². The van der Waals surface area contributed by atoms with E-state index in [1.54, 1.807) is 25.4 Å². The third kappa shape index (κ3) is 4.46. The second-order valence-corrected chi connectivity index (χ2v) is 3.27. The van der Waals surface area contributed by atoms with Crippen LogP contribution in [0.3, 0.4) is 0 Å². The van der Waals surface area contributed by atoms with E-state index in [-0.39, 0.29) is 12.5 Å². The van der Waals surface area contributed by atoms with Gasteiger partial charge < -0.3 is 10.1 Å². The Hall–Kier alpha value is -2.17. The van der Waals surface area contributed by atoms with Gasteiger partial charge in [0, 0.05) is 30.2 Å². The van der Waals surface area contributed by atoms with Gasteiger partial charge in [-0.2, -0.15) is 0 Å². The van der Waals surface area contributed by atoms with Crippen LogP contribution < -0.4 is 5.32 Å². The number of nitrogens with one attached hydrogen (secondary N) is 1. The van der Waals surface area contributed by atoms with E-state index in [0.717, 1.165) is 17.7 Å². The molecule has 1 rings (SSSR count). The average molecular weight is 234 g/mol. The molecule has 0 saturated carbocycles. The van der Waals surface area contributed by atoms with Gasteiger partial charge in [0.05, 0.1) is 6.61 Å². The van der Waals surface area contributed by atoms with Crippen LogP contribution in [0.4, 0.5) is 5.69 Å². The molecule has 17 heavy (non-hydrogen) atoms. The normalized spacial score (nSPS) is 10.2. The molecular weight excluding hydrogens is 220 g/mol. The predicted molar refractivity (Wildman–Crippen MR) is 63.4 cm³/mol. The number of amides is 1. The lowest BCUT2D eigenvalue weighted by Crippen LogP contribution is -2.10. The molecule has 0 aromatic carbocycles. The van der Waals surface area contributed by atoms with E-state index in [0.29, 0.717) is 5.69 Å². The molecule has 90 valence electrons. The van der Waals surface area contributed by atoms with Gasteiger partial charge in [-0.25, -0.2) is 4.79 Å². The highest BCUT2D eigenvalue weighted by Gasteiger charge is 2.02. The fourth-order valence-electron chi connectivity index (χ4n) is 1.12. The molecule has 0 spiro atoms. The van der Waals surface area contributed by atoms with Gasteiger partial charge in [0.1, 0.15) is 0 Å². The Balaban J connectivity index is 2.56. The van der Waals surface area contributed by atoms with Gasteiger partial charge in [-0.3, -0.25) is 9.78 Å². The standard InChI is InChI=1S/C12H14N2O3/c1-3-17-12(16)5-4-11(15)14-10-6-7-13-8-9(10)2/h4-8H,3H2,1-2H3,(H,13,14,15)/b5-4+. The third-order valence-corrected chi connectivity index (χ3v) is 1.94. The summed E-state index contributed by atoms with van der Waals surface area (Å²) in [4.78, 5) is 26.3. The molecule has 1 aromatic rings. The topological polar surface area (TPSA) is 68.3 Å². The number of pyridine rings is 1. The maximum Gasteiger partial charge on any atom is 0.330 e. The van der Waals surface area contributed by atoms with E-state index >= 15 is 0 Å². The van der Waals surface area contributed by atoms with Gasteiger partial charge in [0.2, 0.25) is 5.91 Å². The van der Waals surface area contributed by atoms with E-state index in [1.165, 1.54) is 0 Å². The number of aromatic nitrogens is 1. The van der Waals surface area contributed by atoms with Crippen LogP contribution >= 0.6 is 0 Å². The van der Waals surface area contributed by atoms with Crippen molar-refractivity contribution in [3.05, 3.63) is 36.2 Å². The Morgan fingerprint density at radius 2 is 2.24 bits per heavy atom. The number of aryl methyl sites for hydroxylation is 1. The number of carbonyl (C=O) groups is 2. The highest BCUT2D eigenvalue weighted by molar-refractivity contribution is 6.02. The number of anilines is 1. The first-order valence-electron chi connectivity index (χ1n) is 5.20. The molecule has 0 aliphatic rings. The molecule has 0 saturated heterocycles. The molecule has 0 bridgehead atoms. The summed E-state index contributed by atoms with van der Waals surface area (Å²) in [6, 6.07) is 1.69.